The molecule has 5 nitrogen and oxygen atoms in total. The first kappa shape index (κ1) is 20.7. The third-order valence-corrected chi connectivity index (χ3v) is 6.27. The van der Waals surface area contributed by atoms with Gasteiger partial charge in [0.25, 0.3) is 0 Å². The van der Waals surface area contributed by atoms with Crippen molar-refractivity contribution in [2.24, 2.45) is 5.10 Å². The van der Waals surface area contributed by atoms with Crippen molar-refractivity contribution in [3.05, 3.63) is 65.3 Å². The van der Waals surface area contributed by atoms with Gasteiger partial charge in [0.1, 0.15) is 5.82 Å². The summed E-state index contributed by atoms with van der Waals surface area (Å²) in [6.07, 6.45) is 1.44. The smallest absolute Gasteiger partial charge is 0.399 e. The lowest BCUT2D eigenvalue weighted by atomic mass is 9.76. The highest BCUT2D eigenvalue weighted by Crippen LogP contribution is 2.36. The van der Waals surface area contributed by atoms with E-state index < -0.39 is 24.1 Å². The van der Waals surface area contributed by atoms with Crippen LogP contribution in [0, 0.1) is 5.82 Å². The Balaban J connectivity index is 1.53. The van der Waals surface area contributed by atoms with Crippen molar-refractivity contribution in [1.82, 2.24) is 4.98 Å². The predicted molar refractivity (Wildman–Crippen MR) is 121 cm³/mol. The number of aromatic nitrogens is 1. The highest BCUT2D eigenvalue weighted by atomic mass is 32.1. The van der Waals surface area contributed by atoms with E-state index in [1.807, 2.05) is 63.4 Å². The van der Waals surface area contributed by atoms with E-state index in [0.29, 0.717) is 16.2 Å². The maximum atomic E-state index is 14.6. The van der Waals surface area contributed by atoms with E-state index in [1.165, 1.54) is 23.6 Å². The van der Waals surface area contributed by atoms with E-state index >= 15 is 0 Å². The number of nitrogens with one attached hydrogen (secondary N) is 1. The Morgan fingerprint density at radius 2 is 1.73 bits per heavy atom. The van der Waals surface area contributed by atoms with E-state index in [-0.39, 0.29) is 0 Å². The van der Waals surface area contributed by atoms with E-state index in [9.17, 15) is 4.39 Å². The molecule has 1 aromatic heterocycles. The van der Waals surface area contributed by atoms with Crippen LogP contribution >= 0.6 is 11.3 Å². The number of halogens is 1. The summed E-state index contributed by atoms with van der Waals surface area (Å²) in [5, 5.41) is 6.78. The van der Waals surface area contributed by atoms with Crippen LogP contribution in [0.15, 0.2) is 59.0 Å². The molecule has 3 aromatic rings. The van der Waals surface area contributed by atoms with Crippen LogP contribution in [0.4, 0.5) is 9.52 Å². The van der Waals surface area contributed by atoms with Gasteiger partial charge in [0.05, 0.1) is 23.1 Å². The lowest BCUT2D eigenvalue weighted by molar-refractivity contribution is 0.00578. The molecule has 154 valence electrons. The lowest BCUT2D eigenvalue weighted by Gasteiger charge is -2.32. The minimum atomic E-state index is -0.670. The van der Waals surface area contributed by atoms with Gasteiger partial charge in [0, 0.05) is 16.5 Å². The van der Waals surface area contributed by atoms with Crippen LogP contribution in [-0.4, -0.2) is 29.5 Å². The molecule has 1 aliphatic rings. The zero-order valence-corrected chi connectivity index (χ0v) is 18.2. The molecule has 0 atom stereocenters. The van der Waals surface area contributed by atoms with Gasteiger partial charge in [-0.15, -0.1) is 11.3 Å². The summed E-state index contributed by atoms with van der Waals surface area (Å²) in [4.78, 5) is 4.52. The van der Waals surface area contributed by atoms with Crippen LogP contribution < -0.4 is 10.9 Å². The second kappa shape index (κ2) is 7.94. The Kier molecular flexibility index (Phi) is 5.49. The Labute approximate surface area is 180 Å². The zero-order chi connectivity index (χ0) is 21.4. The van der Waals surface area contributed by atoms with Crippen molar-refractivity contribution in [2.45, 2.75) is 38.9 Å². The topological polar surface area (TPSA) is 55.7 Å². The molecule has 0 radical (unpaired) electrons. The molecular formula is C22H23BFN3O2S. The Morgan fingerprint density at radius 1 is 1.03 bits per heavy atom. The SMILES string of the molecule is CC1(C)OB(c2cccc(F)c2C=NNc2nc(-c3ccccc3)cs2)OC1(C)C. The molecule has 0 saturated carbocycles. The number of hydrogen-bond donors (Lipinski definition) is 1. The summed E-state index contributed by atoms with van der Waals surface area (Å²) in [6.45, 7) is 7.87. The fourth-order valence-electron chi connectivity index (χ4n) is 3.08. The van der Waals surface area contributed by atoms with Gasteiger partial charge in [-0.05, 0) is 39.2 Å². The molecule has 30 heavy (non-hydrogen) atoms. The molecule has 0 spiro atoms. The molecule has 8 heteroatoms. The van der Waals surface area contributed by atoms with Gasteiger partial charge in [-0.25, -0.2) is 9.37 Å². The normalized spacial score (nSPS) is 17.6. The molecule has 2 aromatic carbocycles. The van der Waals surface area contributed by atoms with Gasteiger partial charge >= 0.3 is 7.12 Å². The highest BCUT2D eigenvalue weighted by molar-refractivity contribution is 7.14. The number of nitrogens with zero attached hydrogens (tertiary/aromatic N) is 2. The average Bonchev–Trinajstić information content (AvgIpc) is 3.25. The van der Waals surface area contributed by atoms with Gasteiger partial charge in [0.2, 0.25) is 5.13 Å². The fourth-order valence-corrected chi connectivity index (χ4v) is 3.75. The molecule has 1 saturated heterocycles. The molecule has 1 aliphatic heterocycles. The maximum Gasteiger partial charge on any atom is 0.495 e. The van der Waals surface area contributed by atoms with Gasteiger partial charge in [0.15, 0.2) is 0 Å². The summed E-state index contributed by atoms with van der Waals surface area (Å²) < 4.78 is 26.8. The number of anilines is 1. The number of rotatable bonds is 5. The summed E-state index contributed by atoms with van der Waals surface area (Å²) in [7, 11) is -0.670. The van der Waals surface area contributed by atoms with E-state index in [4.69, 9.17) is 9.31 Å². The van der Waals surface area contributed by atoms with Crippen LogP contribution in [0.25, 0.3) is 11.3 Å². The first-order valence-electron chi connectivity index (χ1n) is 9.71. The molecule has 0 aliphatic carbocycles. The first-order valence-corrected chi connectivity index (χ1v) is 10.6. The van der Waals surface area contributed by atoms with Crippen molar-refractivity contribution < 1.29 is 13.7 Å². The van der Waals surface area contributed by atoms with E-state index in [1.54, 1.807) is 12.1 Å². The Hall–Kier alpha value is -2.55. The van der Waals surface area contributed by atoms with Crippen molar-refractivity contribution in [3.8, 4) is 11.3 Å². The van der Waals surface area contributed by atoms with E-state index in [2.05, 4.69) is 15.5 Å². The molecule has 4 rings (SSSR count). The van der Waals surface area contributed by atoms with E-state index in [0.717, 1.165) is 11.3 Å². The molecule has 0 amide bonds. The molecule has 1 fully saturated rings. The monoisotopic (exact) mass is 423 g/mol. The molecule has 1 N–H and O–H groups in total. The maximum absolute atomic E-state index is 14.6. The van der Waals surface area contributed by atoms with Crippen LogP contribution in [0.3, 0.4) is 0 Å². The highest BCUT2D eigenvalue weighted by Gasteiger charge is 2.52. The average molecular weight is 423 g/mol. The second-order valence-electron chi connectivity index (χ2n) is 8.10. The standard InChI is InChI=1S/C22H23BFN3O2S/c1-21(2)22(3,4)29-23(28-21)17-11-8-12-18(24)16(17)13-25-27-20-26-19(14-30-20)15-9-6-5-7-10-15/h5-14H,1-4H3,(H,26,27). The summed E-state index contributed by atoms with van der Waals surface area (Å²) in [6, 6.07) is 14.7. The number of hydrogen-bond acceptors (Lipinski definition) is 6. The lowest BCUT2D eigenvalue weighted by Crippen LogP contribution is -2.41. The largest absolute Gasteiger partial charge is 0.495 e. The van der Waals surface area contributed by atoms with Crippen LogP contribution in [0.2, 0.25) is 0 Å². The van der Waals surface area contributed by atoms with Gasteiger partial charge in [-0.2, -0.15) is 5.10 Å². The third kappa shape index (κ3) is 4.03. The Morgan fingerprint density at radius 3 is 2.43 bits per heavy atom. The minimum Gasteiger partial charge on any atom is -0.399 e. The van der Waals surface area contributed by atoms with Crippen LogP contribution in [-0.2, 0) is 9.31 Å². The van der Waals surface area contributed by atoms with Gasteiger partial charge in [-0.1, -0.05) is 42.5 Å². The van der Waals surface area contributed by atoms with Crippen LogP contribution in [0.5, 0.6) is 0 Å². The van der Waals surface area contributed by atoms with Gasteiger partial charge in [-0.3, -0.25) is 5.43 Å². The first-order chi connectivity index (χ1) is 14.3. The summed E-state index contributed by atoms with van der Waals surface area (Å²) >= 11 is 1.43. The zero-order valence-electron chi connectivity index (χ0n) is 17.3. The van der Waals surface area contributed by atoms with Crippen molar-refractivity contribution in [2.75, 3.05) is 5.43 Å². The Bertz CT molecular complexity index is 1050. The van der Waals surface area contributed by atoms with Crippen molar-refractivity contribution in [3.63, 3.8) is 0 Å². The summed E-state index contributed by atoms with van der Waals surface area (Å²) in [5.41, 5.74) is 4.69. The molecule has 2 heterocycles. The van der Waals surface area contributed by atoms with Crippen molar-refractivity contribution in [1.29, 1.82) is 0 Å². The number of hydrazone groups is 1. The quantitative estimate of drug-likeness (QED) is 0.367. The molecular weight excluding hydrogens is 400 g/mol. The predicted octanol–water partition coefficient (Wildman–Crippen LogP) is 4.69. The summed E-state index contributed by atoms with van der Waals surface area (Å²) in [5.74, 6) is -0.392. The number of benzene rings is 2. The third-order valence-electron chi connectivity index (χ3n) is 5.52. The minimum absolute atomic E-state index is 0.323. The van der Waals surface area contributed by atoms with Crippen molar-refractivity contribution >= 4 is 35.3 Å². The number of thiazole rings is 1. The molecule has 0 unspecified atom stereocenters. The molecule has 0 bridgehead atoms. The van der Waals surface area contributed by atoms with Crippen LogP contribution in [0.1, 0.15) is 33.3 Å². The fraction of sp³-hybridized carbons (Fsp3) is 0.273. The van der Waals surface area contributed by atoms with Gasteiger partial charge < -0.3 is 9.31 Å². The second-order valence-corrected chi connectivity index (χ2v) is 8.96.